The molecule has 0 saturated carbocycles. The number of aromatic nitrogens is 1. The number of carbonyl (C=O) groups excluding carboxylic acids is 1. The third-order valence-electron chi connectivity index (χ3n) is 5.44. The fourth-order valence-electron chi connectivity index (χ4n) is 3.96. The molecule has 0 aliphatic carbocycles. The molecule has 2 atom stereocenters. The van der Waals surface area contributed by atoms with Crippen molar-refractivity contribution in [3.05, 3.63) is 62.5 Å². The van der Waals surface area contributed by atoms with Crippen molar-refractivity contribution in [2.45, 2.75) is 24.4 Å². The van der Waals surface area contributed by atoms with Crippen molar-refractivity contribution in [2.75, 3.05) is 20.2 Å². The minimum absolute atomic E-state index is 0.00832. The number of thiazole rings is 1. The number of nitrogens with zero attached hydrogens (tertiary/aromatic N) is 3. The van der Waals surface area contributed by atoms with Crippen LogP contribution in [0.5, 0.6) is 0 Å². The van der Waals surface area contributed by atoms with Gasteiger partial charge in [-0.05, 0) is 12.1 Å². The van der Waals surface area contributed by atoms with Crippen molar-refractivity contribution in [1.82, 2.24) is 15.2 Å². The summed E-state index contributed by atoms with van der Waals surface area (Å²) in [5, 5.41) is 14.5. The zero-order valence-corrected chi connectivity index (χ0v) is 19.2. The van der Waals surface area contributed by atoms with Gasteiger partial charge in [-0.3, -0.25) is 14.7 Å². The van der Waals surface area contributed by atoms with Gasteiger partial charge >= 0.3 is 11.9 Å². The number of nitrogens with one attached hydrogen (secondary N) is 1. The van der Waals surface area contributed by atoms with E-state index in [1.54, 1.807) is 5.38 Å². The summed E-state index contributed by atoms with van der Waals surface area (Å²) in [6.07, 6.45) is 0.675. The van der Waals surface area contributed by atoms with E-state index < -0.39 is 48.7 Å². The Balaban J connectivity index is 1.84. The van der Waals surface area contributed by atoms with Gasteiger partial charge in [-0.25, -0.2) is 22.9 Å². The van der Waals surface area contributed by atoms with E-state index in [2.05, 4.69) is 15.3 Å². The number of carboxylic acids is 1. The number of esters is 1. The SMILES string of the molecule is COC(=O)C1=C(CN2CC(F)(F)C[C@H]2C(=O)O)NC(c2nccs2)=N[C@@H]1c1ccc(F)cc1Cl. The number of alkyl halides is 2. The quantitative estimate of drug-likeness (QED) is 0.570. The molecule has 2 aromatic rings. The second kappa shape index (κ2) is 9.35. The predicted molar refractivity (Wildman–Crippen MR) is 118 cm³/mol. The van der Waals surface area contributed by atoms with Gasteiger partial charge < -0.3 is 15.2 Å². The van der Waals surface area contributed by atoms with E-state index in [4.69, 9.17) is 16.3 Å². The van der Waals surface area contributed by atoms with E-state index in [1.807, 2.05) is 0 Å². The summed E-state index contributed by atoms with van der Waals surface area (Å²) < 4.78 is 46.8. The highest BCUT2D eigenvalue weighted by molar-refractivity contribution is 7.11. The third kappa shape index (κ3) is 4.79. The molecule has 0 unspecified atom stereocenters. The Morgan fingerprint density at radius 1 is 1.41 bits per heavy atom. The van der Waals surface area contributed by atoms with Crippen molar-refractivity contribution in [3.63, 3.8) is 0 Å². The van der Waals surface area contributed by atoms with Crippen LogP contribution in [0.25, 0.3) is 0 Å². The smallest absolute Gasteiger partial charge is 0.338 e. The minimum atomic E-state index is -3.21. The van der Waals surface area contributed by atoms with Crippen molar-refractivity contribution < 1.29 is 32.6 Å². The Labute approximate surface area is 200 Å². The summed E-state index contributed by atoms with van der Waals surface area (Å²) >= 11 is 7.50. The molecule has 13 heteroatoms. The second-order valence-electron chi connectivity index (χ2n) is 7.71. The van der Waals surface area contributed by atoms with E-state index in [0.29, 0.717) is 5.01 Å². The normalized spacial score (nSPS) is 22.3. The number of aliphatic carboxylic acids is 1. The summed E-state index contributed by atoms with van der Waals surface area (Å²) in [5.41, 5.74) is 0.329. The van der Waals surface area contributed by atoms with Crippen LogP contribution in [0.2, 0.25) is 5.02 Å². The maximum absolute atomic E-state index is 14.1. The summed E-state index contributed by atoms with van der Waals surface area (Å²) in [6, 6.07) is 1.03. The molecule has 0 bridgehead atoms. The monoisotopic (exact) mass is 514 g/mol. The van der Waals surface area contributed by atoms with E-state index in [9.17, 15) is 27.9 Å². The number of benzene rings is 1. The fraction of sp³-hybridized carbons (Fsp3) is 0.333. The largest absolute Gasteiger partial charge is 0.480 e. The van der Waals surface area contributed by atoms with Gasteiger partial charge in [0, 0.05) is 40.8 Å². The highest BCUT2D eigenvalue weighted by atomic mass is 35.5. The van der Waals surface area contributed by atoms with Crippen molar-refractivity contribution in [1.29, 1.82) is 0 Å². The first-order valence-corrected chi connectivity index (χ1v) is 11.2. The molecule has 3 heterocycles. The molecule has 0 radical (unpaired) electrons. The Morgan fingerprint density at radius 3 is 2.79 bits per heavy atom. The molecular formula is C21H18ClF3N4O4S. The molecule has 4 rings (SSSR count). The standard InChI is InChI=1S/C21H18ClF3N4O4S/c1-33-20(32)15-13(8-29-9-21(24,25)7-14(29)19(30)31)27-17(18-26-4-5-34-18)28-16(15)11-3-2-10(23)6-12(11)22/h2-6,14,16H,7-9H2,1H3,(H,27,28)(H,30,31)/t14-,16+/m0/s1. The summed E-state index contributed by atoms with van der Waals surface area (Å²) in [4.78, 5) is 34.3. The van der Waals surface area contributed by atoms with Gasteiger partial charge in [-0.1, -0.05) is 17.7 Å². The van der Waals surface area contributed by atoms with Crippen LogP contribution in [-0.2, 0) is 14.3 Å². The molecular weight excluding hydrogens is 497 g/mol. The van der Waals surface area contributed by atoms with Crippen LogP contribution >= 0.6 is 22.9 Å². The van der Waals surface area contributed by atoms with Crippen LogP contribution in [0.4, 0.5) is 13.2 Å². The molecule has 180 valence electrons. The first-order valence-electron chi connectivity index (χ1n) is 9.95. The second-order valence-corrected chi connectivity index (χ2v) is 9.01. The third-order valence-corrected chi connectivity index (χ3v) is 6.54. The molecule has 0 spiro atoms. The van der Waals surface area contributed by atoms with Gasteiger partial charge in [0.05, 0.1) is 19.2 Å². The number of ether oxygens (including phenoxy) is 1. The Hall–Kier alpha value is -2.96. The van der Waals surface area contributed by atoms with Gasteiger partial charge in [0.1, 0.15) is 17.9 Å². The maximum Gasteiger partial charge on any atom is 0.338 e. The minimum Gasteiger partial charge on any atom is -0.480 e. The van der Waals surface area contributed by atoms with E-state index in [-0.39, 0.29) is 34.2 Å². The molecule has 2 aliphatic heterocycles. The van der Waals surface area contributed by atoms with E-state index >= 15 is 0 Å². The topological polar surface area (TPSA) is 104 Å². The molecule has 1 aromatic carbocycles. The average molecular weight is 515 g/mol. The van der Waals surface area contributed by atoms with Crippen LogP contribution in [0.3, 0.4) is 0 Å². The zero-order valence-electron chi connectivity index (χ0n) is 17.6. The lowest BCUT2D eigenvalue weighted by atomic mass is 9.95. The number of likely N-dealkylation sites (tertiary alicyclic amines) is 1. The number of hydrogen-bond acceptors (Lipinski definition) is 8. The number of hydrogen-bond donors (Lipinski definition) is 2. The maximum atomic E-state index is 14.1. The van der Waals surface area contributed by atoms with Crippen LogP contribution in [0.15, 0.2) is 46.0 Å². The van der Waals surface area contributed by atoms with Gasteiger partial charge in [0.15, 0.2) is 10.8 Å². The lowest BCUT2D eigenvalue weighted by Gasteiger charge is -2.30. The highest BCUT2D eigenvalue weighted by Gasteiger charge is 2.49. The first kappa shape index (κ1) is 24.2. The summed E-state index contributed by atoms with van der Waals surface area (Å²) in [7, 11) is 1.14. The molecule has 1 aromatic heterocycles. The zero-order chi connectivity index (χ0) is 24.6. The van der Waals surface area contributed by atoms with Gasteiger partial charge in [-0.15, -0.1) is 11.3 Å². The van der Waals surface area contributed by atoms with Crippen LogP contribution in [0.1, 0.15) is 23.0 Å². The fourth-order valence-corrected chi connectivity index (χ4v) is 4.82. The Kier molecular flexibility index (Phi) is 6.65. The van der Waals surface area contributed by atoms with Crippen LogP contribution in [-0.4, -0.2) is 64.9 Å². The van der Waals surface area contributed by atoms with Crippen LogP contribution < -0.4 is 5.32 Å². The molecule has 8 nitrogen and oxygen atoms in total. The number of halogens is 4. The lowest BCUT2D eigenvalue weighted by Crippen LogP contribution is -2.43. The van der Waals surface area contributed by atoms with Crippen molar-refractivity contribution in [2.24, 2.45) is 4.99 Å². The van der Waals surface area contributed by atoms with Gasteiger partial charge in [-0.2, -0.15) is 0 Å². The van der Waals surface area contributed by atoms with Crippen LogP contribution in [0, 0.1) is 5.82 Å². The molecule has 1 saturated heterocycles. The van der Waals surface area contributed by atoms with Gasteiger partial charge in [0.2, 0.25) is 0 Å². The first-order chi connectivity index (χ1) is 16.1. The number of carbonyl (C=O) groups is 2. The van der Waals surface area contributed by atoms with Gasteiger partial charge in [0.25, 0.3) is 5.92 Å². The Morgan fingerprint density at radius 2 is 2.18 bits per heavy atom. The highest BCUT2D eigenvalue weighted by Crippen LogP contribution is 2.38. The summed E-state index contributed by atoms with van der Waals surface area (Å²) in [6.45, 7) is -1.15. The lowest BCUT2D eigenvalue weighted by molar-refractivity contribution is -0.142. The number of rotatable bonds is 6. The number of amidine groups is 1. The Bertz CT molecular complexity index is 1190. The number of aliphatic imine (C=N–C) groups is 1. The molecule has 1 fully saturated rings. The molecule has 0 amide bonds. The average Bonchev–Trinajstić information content (AvgIpc) is 3.40. The van der Waals surface area contributed by atoms with Crippen molar-refractivity contribution >= 4 is 40.7 Å². The number of methoxy groups -OCH3 is 1. The predicted octanol–water partition coefficient (Wildman–Crippen LogP) is 3.25. The molecule has 2 aliphatic rings. The molecule has 34 heavy (non-hydrogen) atoms. The summed E-state index contributed by atoms with van der Waals surface area (Å²) in [5.74, 6) is -5.82. The number of carboxylic acid groups (broad SMARTS) is 1. The van der Waals surface area contributed by atoms with Crippen molar-refractivity contribution in [3.8, 4) is 0 Å². The van der Waals surface area contributed by atoms with E-state index in [1.165, 1.54) is 23.6 Å². The van der Waals surface area contributed by atoms with E-state index in [0.717, 1.165) is 24.1 Å². The molecule has 2 N–H and O–H groups in total.